The number of hydrazone groups is 1. The molecule has 8 nitrogen and oxygen atoms in total. The first kappa shape index (κ1) is 26.1. The molecule has 0 amide bonds. The molecule has 0 atom stereocenters. The van der Waals surface area contributed by atoms with Crippen molar-refractivity contribution in [3.8, 4) is 11.5 Å². The van der Waals surface area contributed by atoms with Crippen molar-refractivity contribution in [3.05, 3.63) is 64.2 Å². The van der Waals surface area contributed by atoms with Crippen LogP contribution in [0, 0.1) is 13.8 Å². The van der Waals surface area contributed by atoms with Crippen LogP contribution in [-0.2, 0) is 0 Å². The predicted octanol–water partition coefficient (Wildman–Crippen LogP) is 5.85. The number of benzene rings is 2. The molecule has 5 rings (SSSR count). The summed E-state index contributed by atoms with van der Waals surface area (Å²) in [6.45, 7) is 9.02. The molecule has 2 saturated heterocycles. The van der Waals surface area contributed by atoms with Crippen LogP contribution in [-0.4, -0.2) is 55.6 Å². The second-order valence-corrected chi connectivity index (χ2v) is 10.2. The van der Waals surface area contributed by atoms with E-state index in [-0.39, 0.29) is 0 Å². The number of hydrogen-bond acceptors (Lipinski definition) is 8. The topological polar surface area (TPSA) is 75.1 Å². The maximum absolute atomic E-state index is 6.27. The molecule has 0 unspecified atom stereocenters. The zero-order valence-corrected chi connectivity index (χ0v) is 22.9. The highest BCUT2D eigenvalue weighted by Gasteiger charge is 2.20. The molecule has 200 valence electrons. The summed E-state index contributed by atoms with van der Waals surface area (Å²) < 4.78 is 11.9. The molecule has 3 aromatic rings. The van der Waals surface area contributed by atoms with Crippen molar-refractivity contribution in [2.24, 2.45) is 5.10 Å². The molecular formula is C29H35ClN6O2. The molecule has 0 aliphatic carbocycles. The molecule has 0 spiro atoms. The van der Waals surface area contributed by atoms with Gasteiger partial charge in [0.15, 0.2) is 5.82 Å². The Balaban J connectivity index is 1.24. The number of hydrogen-bond donors (Lipinski definition) is 1. The molecule has 2 aliphatic heterocycles. The Morgan fingerprint density at radius 1 is 0.868 bits per heavy atom. The summed E-state index contributed by atoms with van der Waals surface area (Å²) in [7, 11) is 0. The highest BCUT2D eigenvalue weighted by molar-refractivity contribution is 6.30. The van der Waals surface area contributed by atoms with E-state index in [9.17, 15) is 0 Å². The smallest absolute Gasteiger partial charge is 0.229 e. The van der Waals surface area contributed by atoms with Crippen LogP contribution >= 0.6 is 11.6 Å². The Morgan fingerprint density at radius 2 is 1.61 bits per heavy atom. The monoisotopic (exact) mass is 534 g/mol. The zero-order valence-electron chi connectivity index (χ0n) is 22.1. The van der Waals surface area contributed by atoms with Gasteiger partial charge >= 0.3 is 0 Å². The molecule has 2 fully saturated rings. The zero-order chi connectivity index (χ0) is 26.3. The summed E-state index contributed by atoms with van der Waals surface area (Å²) >= 11 is 6.27. The fourth-order valence-electron chi connectivity index (χ4n) is 4.68. The van der Waals surface area contributed by atoms with Crippen LogP contribution in [0.4, 0.5) is 17.6 Å². The molecule has 38 heavy (non-hydrogen) atoms. The minimum Gasteiger partial charge on any atom is -0.490 e. The van der Waals surface area contributed by atoms with Crippen molar-refractivity contribution < 1.29 is 9.47 Å². The van der Waals surface area contributed by atoms with Gasteiger partial charge in [-0.1, -0.05) is 17.7 Å². The van der Waals surface area contributed by atoms with Gasteiger partial charge in [0.2, 0.25) is 5.95 Å². The van der Waals surface area contributed by atoms with Gasteiger partial charge in [-0.25, -0.2) is 0 Å². The van der Waals surface area contributed by atoms with Crippen LogP contribution in [0.15, 0.2) is 47.6 Å². The quantitative estimate of drug-likeness (QED) is 0.198. The van der Waals surface area contributed by atoms with Crippen LogP contribution in [0.1, 0.15) is 42.4 Å². The van der Waals surface area contributed by atoms with Gasteiger partial charge in [-0.15, -0.1) is 0 Å². The van der Waals surface area contributed by atoms with Crippen molar-refractivity contribution in [3.63, 3.8) is 0 Å². The third kappa shape index (κ3) is 6.67. The van der Waals surface area contributed by atoms with E-state index < -0.39 is 0 Å². The van der Waals surface area contributed by atoms with E-state index >= 15 is 0 Å². The molecule has 1 aromatic heterocycles. The average molecular weight is 535 g/mol. The summed E-state index contributed by atoms with van der Waals surface area (Å²) in [4.78, 5) is 14.2. The second-order valence-electron chi connectivity index (χ2n) is 9.79. The van der Waals surface area contributed by atoms with Gasteiger partial charge in [0.05, 0.1) is 6.21 Å². The Hall–Kier alpha value is -3.52. The highest BCUT2D eigenvalue weighted by Crippen LogP contribution is 2.26. The fourth-order valence-corrected chi connectivity index (χ4v) is 4.86. The van der Waals surface area contributed by atoms with Crippen LogP contribution < -0.4 is 24.7 Å². The van der Waals surface area contributed by atoms with Crippen molar-refractivity contribution in [2.45, 2.75) is 39.5 Å². The van der Waals surface area contributed by atoms with Crippen LogP contribution in [0.3, 0.4) is 0 Å². The lowest BCUT2D eigenvalue weighted by atomic mass is 10.1. The lowest BCUT2D eigenvalue weighted by molar-refractivity contribution is 0.217. The first-order chi connectivity index (χ1) is 18.5. The van der Waals surface area contributed by atoms with E-state index in [1.807, 2.05) is 30.3 Å². The maximum atomic E-state index is 6.27. The van der Waals surface area contributed by atoms with Crippen LogP contribution in [0.2, 0.25) is 5.02 Å². The highest BCUT2D eigenvalue weighted by atomic mass is 35.5. The fraction of sp³-hybridized carbons (Fsp3) is 0.414. The lowest BCUT2D eigenvalue weighted by Gasteiger charge is -2.21. The van der Waals surface area contributed by atoms with E-state index in [4.69, 9.17) is 31.0 Å². The number of anilines is 3. The molecule has 3 heterocycles. The standard InChI is InChI=1S/C29H35ClN6O2/c1-21-7-9-25(17-22(21)2)37-15-16-38-26-10-8-24(30)18-23(26)20-31-34-27-19-28(35-11-3-4-12-35)33-29(32-27)36-13-5-6-14-36/h7-10,17-20H,3-6,11-16H2,1-2H3,(H,32,33,34)/b31-20-. The van der Waals surface area contributed by atoms with Gasteiger partial charge in [-0.2, -0.15) is 15.1 Å². The minimum absolute atomic E-state index is 0.396. The lowest BCUT2D eigenvalue weighted by Crippen LogP contribution is -2.24. The van der Waals surface area contributed by atoms with Gasteiger partial charge in [0.25, 0.3) is 0 Å². The van der Waals surface area contributed by atoms with Crippen molar-refractivity contribution in [2.75, 3.05) is 54.6 Å². The first-order valence-electron chi connectivity index (χ1n) is 13.4. The third-order valence-corrected chi connectivity index (χ3v) is 7.20. The summed E-state index contributed by atoms with van der Waals surface area (Å²) in [5.41, 5.74) is 6.32. The normalized spacial score (nSPS) is 15.4. The average Bonchev–Trinajstić information content (AvgIpc) is 3.65. The van der Waals surface area contributed by atoms with Gasteiger partial charge in [-0.05, 0) is 81.0 Å². The Morgan fingerprint density at radius 3 is 2.37 bits per heavy atom. The van der Waals surface area contributed by atoms with Crippen molar-refractivity contribution >= 4 is 35.4 Å². The molecule has 0 saturated carbocycles. The number of ether oxygens (including phenoxy) is 2. The number of aromatic nitrogens is 2. The number of nitrogens with one attached hydrogen (secondary N) is 1. The summed E-state index contributed by atoms with van der Waals surface area (Å²) in [5.74, 6) is 3.91. The SMILES string of the molecule is Cc1ccc(OCCOc2ccc(Cl)cc2/C=N\Nc2cc(N3CCCC3)nc(N3CCCC3)n2)cc1C. The van der Waals surface area contributed by atoms with Crippen molar-refractivity contribution in [1.82, 2.24) is 9.97 Å². The Kier molecular flexibility index (Phi) is 8.48. The Labute approximate surface area is 229 Å². The second kappa shape index (κ2) is 12.3. The van der Waals surface area contributed by atoms with E-state index in [2.05, 4.69) is 40.2 Å². The molecule has 2 aromatic carbocycles. The molecule has 0 radical (unpaired) electrons. The molecule has 0 bridgehead atoms. The third-order valence-electron chi connectivity index (χ3n) is 6.96. The number of rotatable bonds is 10. The van der Waals surface area contributed by atoms with Crippen molar-refractivity contribution in [1.29, 1.82) is 0 Å². The van der Waals surface area contributed by atoms with E-state index in [0.717, 1.165) is 49.3 Å². The number of halogens is 1. The summed E-state index contributed by atoms with van der Waals surface area (Å²) in [6, 6.07) is 13.5. The largest absolute Gasteiger partial charge is 0.490 e. The molecule has 2 aliphatic rings. The van der Waals surface area contributed by atoms with Crippen LogP contribution in [0.25, 0.3) is 0 Å². The number of nitrogens with zero attached hydrogens (tertiary/aromatic N) is 5. The predicted molar refractivity (Wildman–Crippen MR) is 155 cm³/mol. The number of aryl methyl sites for hydroxylation is 2. The van der Waals surface area contributed by atoms with Gasteiger partial charge in [0.1, 0.15) is 30.5 Å². The first-order valence-corrected chi connectivity index (χ1v) is 13.7. The van der Waals surface area contributed by atoms with Gasteiger partial charge in [-0.3, -0.25) is 5.43 Å². The molecular weight excluding hydrogens is 500 g/mol. The van der Waals surface area contributed by atoms with E-state index in [0.29, 0.717) is 29.8 Å². The van der Waals surface area contributed by atoms with E-state index in [1.165, 1.54) is 36.8 Å². The van der Waals surface area contributed by atoms with E-state index in [1.54, 1.807) is 12.3 Å². The summed E-state index contributed by atoms with van der Waals surface area (Å²) in [5, 5.41) is 5.08. The van der Waals surface area contributed by atoms with Crippen LogP contribution in [0.5, 0.6) is 11.5 Å². The maximum Gasteiger partial charge on any atom is 0.229 e. The van der Waals surface area contributed by atoms with Gasteiger partial charge in [0, 0.05) is 42.8 Å². The molecule has 1 N–H and O–H groups in total. The Bertz CT molecular complexity index is 1240. The minimum atomic E-state index is 0.396. The summed E-state index contributed by atoms with van der Waals surface area (Å²) in [6.07, 6.45) is 6.43. The van der Waals surface area contributed by atoms with Gasteiger partial charge < -0.3 is 19.3 Å². The molecule has 9 heteroatoms.